The Morgan fingerprint density at radius 2 is 1.90 bits per heavy atom. The van der Waals surface area contributed by atoms with Crippen molar-refractivity contribution in [2.45, 2.75) is 24.6 Å². The summed E-state index contributed by atoms with van der Waals surface area (Å²) in [5.74, 6) is 1.59. The second kappa shape index (κ2) is 9.58. The number of carbonyl (C=O) groups is 1. The first-order valence-corrected chi connectivity index (χ1v) is 10.6. The van der Waals surface area contributed by atoms with E-state index in [1.807, 2.05) is 72.9 Å². The Kier molecular flexibility index (Phi) is 6.44. The van der Waals surface area contributed by atoms with Gasteiger partial charge in [0, 0.05) is 24.7 Å². The summed E-state index contributed by atoms with van der Waals surface area (Å²) in [5, 5.41) is 6.51. The van der Waals surface area contributed by atoms with E-state index < -0.39 is 0 Å². The fraction of sp³-hybridized carbons (Fsp3) is 0.217. The first-order chi connectivity index (χ1) is 14.3. The molecule has 2 atom stereocenters. The van der Waals surface area contributed by atoms with Crippen LogP contribution in [-0.2, 0) is 17.9 Å². The van der Waals surface area contributed by atoms with Gasteiger partial charge in [0.15, 0.2) is 0 Å². The van der Waals surface area contributed by atoms with E-state index >= 15 is 0 Å². The smallest absolute Gasteiger partial charge is 0.238 e. The highest BCUT2D eigenvalue weighted by molar-refractivity contribution is 7.99. The molecule has 148 valence electrons. The highest BCUT2D eigenvalue weighted by Gasteiger charge is 2.30. The molecule has 0 bridgehead atoms. The van der Waals surface area contributed by atoms with Crippen molar-refractivity contribution in [2.24, 2.45) is 0 Å². The van der Waals surface area contributed by atoms with Crippen LogP contribution < -0.4 is 15.4 Å². The van der Waals surface area contributed by atoms with Gasteiger partial charge in [-0.25, -0.2) is 0 Å². The topological polar surface area (TPSA) is 63.2 Å². The molecule has 1 saturated heterocycles. The van der Waals surface area contributed by atoms with E-state index in [1.54, 1.807) is 18.0 Å². The number of nitrogens with zero attached hydrogens (tertiary/aromatic N) is 1. The van der Waals surface area contributed by atoms with Crippen LogP contribution >= 0.6 is 11.8 Å². The standard InChI is InChI=1S/C23H23N3O2S/c27-22(21-16-29-23(26-21)19-7-4-12-24-14-19)25-13-17-8-10-20(11-9-17)28-15-18-5-2-1-3-6-18/h1-12,14,21,23,26H,13,15-16H2,(H,25,27)/t21-,23?/m0/s1. The maximum Gasteiger partial charge on any atom is 0.238 e. The third-order valence-corrected chi connectivity index (χ3v) is 5.99. The molecular weight excluding hydrogens is 382 g/mol. The fourth-order valence-electron chi connectivity index (χ4n) is 3.10. The van der Waals surface area contributed by atoms with E-state index in [0.717, 1.165) is 28.2 Å². The van der Waals surface area contributed by atoms with Crippen molar-refractivity contribution in [2.75, 3.05) is 5.75 Å². The highest BCUT2D eigenvalue weighted by atomic mass is 32.2. The first kappa shape index (κ1) is 19.5. The van der Waals surface area contributed by atoms with Crippen molar-refractivity contribution >= 4 is 17.7 Å². The molecule has 1 unspecified atom stereocenters. The third-order valence-electron chi connectivity index (χ3n) is 4.72. The van der Waals surface area contributed by atoms with Gasteiger partial charge >= 0.3 is 0 Å². The average Bonchev–Trinajstić information content (AvgIpc) is 3.29. The lowest BCUT2D eigenvalue weighted by atomic mass is 10.2. The molecule has 6 heteroatoms. The molecule has 0 aliphatic carbocycles. The number of carbonyl (C=O) groups excluding carboxylic acids is 1. The number of hydrogen-bond acceptors (Lipinski definition) is 5. The zero-order valence-electron chi connectivity index (χ0n) is 16.0. The monoisotopic (exact) mass is 405 g/mol. The van der Waals surface area contributed by atoms with Gasteiger partial charge in [-0.2, -0.15) is 0 Å². The highest BCUT2D eigenvalue weighted by Crippen LogP contribution is 2.32. The van der Waals surface area contributed by atoms with E-state index in [1.165, 1.54) is 0 Å². The molecule has 29 heavy (non-hydrogen) atoms. The number of nitrogens with one attached hydrogen (secondary N) is 2. The molecule has 2 aromatic carbocycles. The van der Waals surface area contributed by atoms with Crippen LogP contribution in [0.15, 0.2) is 79.1 Å². The van der Waals surface area contributed by atoms with Crippen LogP contribution in [0.2, 0.25) is 0 Å². The van der Waals surface area contributed by atoms with Gasteiger partial charge in [-0.05, 0) is 34.9 Å². The molecule has 4 rings (SSSR count). The molecule has 0 spiro atoms. The quantitative estimate of drug-likeness (QED) is 0.628. The van der Waals surface area contributed by atoms with E-state index in [9.17, 15) is 4.79 Å². The van der Waals surface area contributed by atoms with E-state index in [0.29, 0.717) is 13.2 Å². The van der Waals surface area contributed by atoms with Crippen LogP contribution in [0, 0.1) is 0 Å². The van der Waals surface area contributed by atoms with E-state index in [2.05, 4.69) is 15.6 Å². The molecule has 2 N–H and O–H groups in total. The number of benzene rings is 2. The summed E-state index contributed by atoms with van der Waals surface area (Å²) in [6, 6.07) is 21.7. The molecule has 1 fully saturated rings. The predicted molar refractivity (Wildman–Crippen MR) is 115 cm³/mol. The molecule has 0 radical (unpaired) electrons. The summed E-state index contributed by atoms with van der Waals surface area (Å²) in [5.41, 5.74) is 3.27. The summed E-state index contributed by atoms with van der Waals surface area (Å²) in [6.45, 7) is 1.04. The van der Waals surface area contributed by atoms with Crippen molar-refractivity contribution < 1.29 is 9.53 Å². The fourth-order valence-corrected chi connectivity index (χ4v) is 4.33. The molecule has 0 saturated carbocycles. The average molecular weight is 406 g/mol. The van der Waals surface area contributed by atoms with Crippen molar-refractivity contribution in [3.63, 3.8) is 0 Å². The lowest BCUT2D eigenvalue weighted by Gasteiger charge is -2.14. The Morgan fingerprint density at radius 1 is 1.07 bits per heavy atom. The summed E-state index contributed by atoms with van der Waals surface area (Å²) >= 11 is 1.73. The van der Waals surface area contributed by atoms with Gasteiger partial charge in [0.05, 0.1) is 11.4 Å². The van der Waals surface area contributed by atoms with Gasteiger partial charge in [0.25, 0.3) is 0 Å². The zero-order chi connectivity index (χ0) is 19.9. The molecule has 2 heterocycles. The molecule has 1 aliphatic rings. The molecule has 5 nitrogen and oxygen atoms in total. The van der Waals surface area contributed by atoms with Gasteiger partial charge in [-0.1, -0.05) is 48.5 Å². The number of amides is 1. The zero-order valence-corrected chi connectivity index (χ0v) is 16.8. The first-order valence-electron chi connectivity index (χ1n) is 9.59. The Balaban J connectivity index is 1.23. The van der Waals surface area contributed by atoms with Crippen LogP contribution in [0.25, 0.3) is 0 Å². The number of aromatic nitrogens is 1. The Labute approximate surface area is 174 Å². The number of ether oxygens (including phenoxy) is 1. The number of thioether (sulfide) groups is 1. The second-order valence-corrected chi connectivity index (χ2v) is 7.99. The van der Waals surface area contributed by atoms with Crippen LogP contribution in [0.1, 0.15) is 22.1 Å². The van der Waals surface area contributed by atoms with Crippen molar-refractivity contribution in [1.29, 1.82) is 0 Å². The molecular formula is C23H23N3O2S. The summed E-state index contributed by atoms with van der Waals surface area (Å²) in [4.78, 5) is 16.6. The minimum Gasteiger partial charge on any atom is -0.489 e. The maximum atomic E-state index is 12.5. The third kappa shape index (κ3) is 5.37. The summed E-state index contributed by atoms with van der Waals surface area (Å²) < 4.78 is 5.80. The van der Waals surface area contributed by atoms with Crippen LogP contribution in [0.4, 0.5) is 0 Å². The van der Waals surface area contributed by atoms with Crippen molar-refractivity contribution in [3.8, 4) is 5.75 Å². The van der Waals surface area contributed by atoms with Crippen LogP contribution in [0.5, 0.6) is 5.75 Å². The lowest BCUT2D eigenvalue weighted by Crippen LogP contribution is -2.42. The van der Waals surface area contributed by atoms with Gasteiger partial charge in [-0.3, -0.25) is 15.1 Å². The SMILES string of the molecule is O=C(NCc1ccc(OCc2ccccc2)cc1)[C@@H]1CSC(c2cccnc2)N1. The minimum atomic E-state index is -0.196. The van der Waals surface area contributed by atoms with Crippen LogP contribution in [-0.4, -0.2) is 22.7 Å². The molecule has 1 aliphatic heterocycles. The largest absolute Gasteiger partial charge is 0.489 e. The Hall–Kier alpha value is -2.83. The molecule has 1 aromatic heterocycles. The van der Waals surface area contributed by atoms with E-state index in [-0.39, 0.29) is 17.3 Å². The van der Waals surface area contributed by atoms with E-state index in [4.69, 9.17) is 4.74 Å². The van der Waals surface area contributed by atoms with Crippen LogP contribution in [0.3, 0.4) is 0 Å². The lowest BCUT2D eigenvalue weighted by molar-refractivity contribution is -0.122. The van der Waals surface area contributed by atoms with Gasteiger partial charge in [0.1, 0.15) is 12.4 Å². The predicted octanol–water partition coefficient (Wildman–Crippen LogP) is 3.68. The number of hydrogen-bond donors (Lipinski definition) is 2. The van der Waals surface area contributed by atoms with Gasteiger partial charge in [0.2, 0.25) is 5.91 Å². The normalized spacial score (nSPS) is 18.3. The second-order valence-electron chi connectivity index (χ2n) is 6.86. The Morgan fingerprint density at radius 3 is 2.66 bits per heavy atom. The Bertz CT molecular complexity index is 920. The minimum absolute atomic E-state index is 0.0216. The molecule has 1 amide bonds. The summed E-state index contributed by atoms with van der Waals surface area (Å²) in [7, 11) is 0. The van der Waals surface area contributed by atoms with Gasteiger partial charge in [-0.15, -0.1) is 11.8 Å². The van der Waals surface area contributed by atoms with Gasteiger partial charge < -0.3 is 10.1 Å². The maximum absolute atomic E-state index is 12.5. The summed E-state index contributed by atoms with van der Waals surface area (Å²) in [6.07, 6.45) is 3.59. The van der Waals surface area contributed by atoms with Crippen molar-refractivity contribution in [1.82, 2.24) is 15.6 Å². The molecule has 3 aromatic rings. The number of pyridine rings is 1. The van der Waals surface area contributed by atoms with Crippen molar-refractivity contribution in [3.05, 3.63) is 95.8 Å². The number of rotatable bonds is 7.